The molecule has 15 heavy (non-hydrogen) atoms. The van der Waals surface area contributed by atoms with Crippen molar-refractivity contribution in [2.24, 2.45) is 11.7 Å². The van der Waals surface area contributed by atoms with Crippen molar-refractivity contribution >= 4 is 5.91 Å². The lowest BCUT2D eigenvalue weighted by Crippen LogP contribution is -2.55. The van der Waals surface area contributed by atoms with E-state index in [-0.39, 0.29) is 5.91 Å². The lowest BCUT2D eigenvalue weighted by molar-refractivity contribution is -0.127. The number of amides is 1. The maximum atomic E-state index is 11.9. The highest BCUT2D eigenvalue weighted by molar-refractivity contribution is 5.85. The molecule has 3 nitrogen and oxygen atoms in total. The van der Waals surface area contributed by atoms with E-state index in [2.05, 4.69) is 12.2 Å². The van der Waals surface area contributed by atoms with E-state index in [1.54, 1.807) is 6.92 Å². The van der Waals surface area contributed by atoms with Crippen LogP contribution in [0.4, 0.5) is 0 Å². The minimum Gasteiger partial charge on any atom is -0.352 e. The van der Waals surface area contributed by atoms with Crippen LogP contribution in [0.2, 0.25) is 0 Å². The summed E-state index contributed by atoms with van der Waals surface area (Å²) in [5.41, 5.74) is 5.20. The molecule has 0 aliphatic heterocycles. The minimum atomic E-state index is -0.711. The maximum absolute atomic E-state index is 11.9. The second-order valence-corrected chi connectivity index (χ2v) is 5.11. The van der Waals surface area contributed by atoms with E-state index in [9.17, 15) is 4.79 Å². The van der Waals surface area contributed by atoms with Gasteiger partial charge in [0.2, 0.25) is 5.91 Å². The molecule has 1 fully saturated rings. The second kappa shape index (κ2) is 4.97. The molecule has 88 valence electrons. The maximum Gasteiger partial charge on any atom is 0.240 e. The average Bonchev–Trinajstić information content (AvgIpc) is 2.21. The van der Waals surface area contributed by atoms with Crippen molar-refractivity contribution in [1.29, 1.82) is 0 Å². The molecule has 0 spiro atoms. The molecular weight excluding hydrogens is 188 g/mol. The zero-order valence-electron chi connectivity index (χ0n) is 10.2. The summed E-state index contributed by atoms with van der Waals surface area (Å²) in [5.74, 6) is 0.596. The van der Waals surface area contributed by atoms with Crippen LogP contribution in [-0.4, -0.2) is 17.5 Å². The normalized spacial score (nSPS) is 30.7. The van der Waals surface area contributed by atoms with Crippen LogP contribution in [0.5, 0.6) is 0 Å². The number of rotatable bonds is 3. The fourth-order valence-corrected chi connectivity index (χ4v) is 2.02. The Morgan fingerprint density at radius 2 is 2.07 bits per heavy atom. The van der Waals surface area contributed by atoms with E-state index < -0.39 is 5.54 Å². The number of hydrogen-bond donors (Lipinski definition) is 2. The number of hydrogen-bond acceptors (Lipinski definition) is 2. The lowest BCUT2D eigenvalue weighted by Gasteiger charge is -2.32. The molecule has 0 aromatic carbocycles. The molecule has 1 aliphatic carbocycles. The number of nitrogens with two attached hydrogens (primary N) is 1. The fraction of sp³-hybridized carbons (Fsp3) is 0.917. The van der Waals surface area contributed by atoms with Gasteiger partial charge in [-0.15, -0.1) is 0 Å². The standard InChI is InChI=1S/C12H24N2O/c1-4-12(3,13)11(15)14-10-8-6-5-7-9(10)2/h9-10H,4-8,13H2,1-3H3,(H,14,15). The van der Waals surface area contributed by atoms with Gasteiger partial charge < -0.3 is 11.1 Å². The van der Waals surface area contributed by atoms with Crippen LogP contribution in [0.1, 0.15) is 52.9 Å². The molecule has 3 N–H and O–H groups in total. The van der Waals surface area contributed by atoms with Crippen LogP contribution in [0.3, 0.4) is 0 Å². The van der Waals surface area contributed by atoms with Gasteiger partial charge in [-0.2, -0.15) is 0 Å². The summed E-state index contributed by atoms with van der Waals surface area (Å²) in [6.07, 6.45) is 5.52. The van der Waals surface area contributed by atoms with Crippen molar-refractivity contribution < 1.29 is 4.79 Å². The fourth-order valence-electron chi connectivity index (χ4n) is 2.02. The monoisotopic (exact) mass is 212 g/mol. The Morgan fingerprint density at radius 1 is 1.47 bits per heavy atom. The molecule has 0 aromatic heterocycles. The van der Waals surface area contributed by atoms with E-state index in [1.165, 1.54) is 19.3 Å². The van der Waals surface area contributed by atoms with Crippen molar-refractivity contribution in [3.63, 3.8) is 0 Å². The summed E-state index contributed by atoms with van der Waals surface area (Å²) in [5, 5.41) is 3.10. The first-order chi connectivity index (χ1) is 6.97. The number of nitrogens with one attached hydrogen (secondary N) is 1. The molecule has 1 aliphatic rings. The summed E-state index contributed by atoms with van der Waals surface area (Å²) in [4.78, 5) is 11.9. The molecule has 0 heterocycles. The zero-order chi connectivity index (χ0) is 11.5. The van der Waals surface area contributed by atoms with Gasteiger partial charge >= 0.3 is 0 Å². The third-order valence-electron chi connectivity index (χ3n) is 3.68. The van der Waals surface area contributed by atoms with Crippen LogP contribution in [0.15, 0.2) is 0 Å². The third-order valence-corrected chi connectivity index (χ3v) is 3.68. The highest BCUT2D eigenvalue weighted by atomic mass is 16.2. The van der Waals surface area contributed by atoms with Crippen molar-refractivity contribution in [2.75, 3.05) is 0 Å². The molecule has 1 rings (SSSR count). The van der Waals surface area contributed by atoms with Crippen LogP contribution in [-0.2, 0) is 4.79 Å². The zero-order valence-corrected chi connectivity index (χ0v) is 10.2. The number of carbonyl (C=O) groups is 1. The van der Waals surface area contributed by atoms with Gasteiger partial charge in [-0.25, -0.2) is 0 Å². The second-order valence-electron chi connectivity index (χ2n) is 5.11. The molecular formula is C12H24N2O. The van der Waals surface area contributed by atoms with E-state index in [0.717, 1.165) is 6.42 Å². The van der Waals surface area contributed by atoms with Gasteiger partial charge in [0.05, 0.1) is 5.54 Å². The summed E-state index contributed by atoms with van der Waals surface area (Å²) in [6, 6.07) is 0.334. The van der Waals surface area contributed by atoms with Crippen molar-refractivity contribution in [2.45, 2.75) is 64.5 Å². The molecule has 1 saturated carbocycles. The molecule has 0 aromatic rings. The lowest BCUT2D eigenvalue weighted by atomic mass is 9.85. The van der Waals surface area contributed by atoms with Crippen LogP contribution >= 0.6 is 0 Å². The van der Waals surface area contributed by atoms with Gasteiger partial charge in [0.25, 0.3) is 0 Å². The van der Waals surface area contributed by atoms with Gasteiger partial charge in [-0.05, 0) is 32.1 Å². The summed E-state index contributed by atoms with van der Waals surface area (Å²) >= 11 is 0. The van der Waals surface area contributed by atoms with Gasteiger partial charge in [-0.3, -0.25) is 4.79 Å². The summed E-state index contributed by atoms with van der Waals surface area (Å²) in [7, 11) is 0. The molecule has 3 heteroatoms. The Bertz CT molecular complexity index is 226. The van der Waals surface area contributed by atoms with Gasteiger partial charge in [0.1, 0.15) is 0 Å². The van der Waals surface area contributed by atoms with Crippen LogP contribution in [0, 0.1) is 5.92 Å². The Balaban J connectivity index is 2.50. The van der Waals surface area contributed by atoms with Gasteiger partial charge in [-0.1, -0.05) is 26.7 Å². The van der Waals surface area contributed by atoms with Gasteiger partial charge in [0.15, 0.2) is 0 Å². The van der Waals surface area contributed by atoms with Crippen LogP contribution < -0.4 is 11.1 Å². The Kier molecular flexibility index (Phi) is 4.14. The molecule has 1 amide bonds. The predicted molar refractivity (Wildman–Crippen MR) is 62.4 cm³/mol. The largest absolute Gasteiger partial charge is 0.352 e. The van der Waals surface area contributed by atoms with E-state index in [4.69, 9.17) is 5.73 Å². The highest BCUT2D eigenvalue weighted by Gasteiger charge is 2.30. The molecule has 3 atom stereocenters. The van der Waals surface area contributed by atoms with Crippen molar-refractivity contribution in [3.8, 4) is 0 Å². The highest BCUT2D eigenvalue weighted by Crippen LogP contribution is 2.24. The Hall–Kier alpha value is -0.570. The first-order valence-corrected chi connectivity index (χ1v) is 6.07. The average molecular weight is 212 g/mol. The number of carbonyl (C=O) groups excluding carboxylic acids is 1. The van der Waals surface area contributed by atoms with E-state index in [1.807, 2.05) is 6.92 Å². The van der Waals surface area contributed by atoms with E-state index in [0.29, 0.717) is 18.4 Å². The smallest absolute Gasteiger partial charge is 0.240 e. The topological polar surface area (TPSA) is 55.1 Å². The van der Waals surface area contributed by atoms with E-state index >= 15 is 0 Å². The molecule has 0 bridgehead atoms. The minimum absolute atomic E-state index is 0.00347. The first-order valence-electron chi connectivity index (χ1n) is 6.07. The first kappa shape index (κ1) is 12.5. The molecule has 3 unspecified atom stereocenters. The quantitative estimate of drug-likeness (QED) is 0.749. The van der Waals surface area contributed by atoms with Gasteiger partial charge in [0, 0.05) is 6.04 Å². The molecule has 0 saturated heterocycles. The van der Waals surface area contributed by atoms with Crippen molar-refractivity contribution in [3.05, 3.63) is 0 Å². The van der Waals surface area contributed by atoms with Crippen molar-refractivity contribution in [1.82, 2.24) is 5.32 Å². The SMILES string of the molecule is CCC(C)(N)C(=O)NC1CCCCC1C. The summed E-state index contributed by atoms with van der Waals surface area (Å²) in [6.45, 7) is 5.96. The summed E-state index contributed by atoms with van der Waals surface area (Å²) < 4.78 is 0. The predicted octanol–water partition coefficient (Wildman–Crippen LogP) is 1.81. The Labute approximate surface area is 92.8 Å². The van der Waals surface area contributed by atoms with Crippen LogP contribution in [0.25, 0.3) is 0 Å². The molecule has 0 radical (unpaired) electrons. The third kappa shape index (κ3) is 3.20. The Morgan fingerprint density at radius 3 is 2.60 bits per heavy atom.